The molecule has 3 heteroatoms. The molecule has 0 radical (unpaired) electrons. The summed E-state index contributed by atoms with van der Waals surface area (Å²) in [5.74, 6) is 2.29. The van der Waals surface area contributed by atoms with E-state index in [4.69, 9.17) is 11.6 Å². The van der Waals surface area contributed by atoms with Crippen LogP contribution in [0.1, 0.15) is 44.5 Å². The number of nitrogens with zero attached hydrogens (tertiary/aromatic N) is 2. The van der Waals surface area contributed by atoms with E-state index in [0.717, 1.165) is 17.3 Å². The minimum absolute atomic E-state index is 0.492. The Balaban J connectivity index is 2.08. The second-order valence-corrected chi connectivity index (χ2v) is 5.57. The van der Waals surface area contributed by atoms with Crippen LogP contribution in [-0.4, -0.2) is 9.55 Å². The molecule has 1 aromatic carbocycles. The first-order valence-corrected chi connectivity index (χ1v) is 7.36. The average Bonchev–Trinajstić information content (AvgIpc) is 3.04. The normalized spacial score (nSPS) is 18.6. The van der Waals surface area contributed by atoms with Crippen LogP contribution in [0.3, 0.4) is 0 Å². The highest BCUT2D eigenvalue weighted by Crippen LogP contribution is 2.36. The molecule has 0 spiro atoms. The third kappa shape index (κ3) is 1.93. The number of rotatable bonds is 3. The number of hydrogen-bond acceptors (Lipinski definition) is 1. The number of imidazole rings is 1. The number of para-hydroxylation sites is 2. The zero-order chi connectivity index (χ0) is 12.5. The van der Waals surface area contributed by atoms with Gasteiger partial charge in [-0.05, 0) is 37.8 Å². The van der Waals surface area contributed by atoms with Crippen LogP contribution in [0.15, 0.2) is 24.3 Å². The Morgan fingerprint density at radius 2 is 2.06 bits per heavy atom. The molecule has 2 aromatic rings. The lowest BCUT2D eigenvalue weighted by molar-refractivity contribution is 0.362. The van der Waals surface area contributed by atoms with Crippen LogP contribution >= 0.6 is 11.6 Å². The van der Waals surface area contributed by atoms with E-state index < -0.39 is 0 Å². The molecule has 0 N–H and O–H groups in total. The van der Waals surface area contributed by atoms with Gasteiger partial charge in [0.2, 0.25) is 0 Å². The first-order valence-electron chi connectivity index (χ1n) is 6.83. The van der Waals surface area contributed by atoms with Crippen molar-refractivity contribution < 1.29 is 0 Å². The Kier molecular flexibility index (Phi) is 3.29. The van der Waals surface area contributed by atoms with Gasteiger partial charge in [-0.2, -0.15) is 0 Å². The first-order chi connectivity index (χ1) is 8.81. The molecule has 1 heterocycles. The van der Waals surface area contributed by atoms with E-state index in [0.29, 0.717) is 11.9 Å². The minimum atomic E-state index is 0.492. The zero-order valence-corrected chi connectivity index (χ0v) is 11.5. The van der Waals surface area contributed by atoms with Gasteiger partial charge in [-0.15, -0.1) is 11.6 Å². The van der Waals surface area contributed by atoms with E-state index in [1.54, 1.807) is 0 Å². The highest BCUT2D eigenvalue weighted by molar-refractivity contribution is 6.16. The van der Waals surface area contributed by atoms with Gasteiger partial charge in [0.25, 0.3) is 0 Å². The highest BCUT2D eigenvalue weighted by Gasteiger charge is 2.25. The first kappa shape index (κ1) is 12.0. The van der Waals surface area contributed by atoms with Gasteiger partial charge in [0.15, 0.2) is 0 Å². The molecule has 0 bridgehead atoms. The summed E-state index contributed by atoms with van der Waals surface area (Å²) in [5, 5.41) is 0. The molecule has 3 rings (SSSR count). The number of fused-ring (bicyclic) bond motifs is 1. The van der Waals surface area contributed by atoms with E-state index in [9.17, 15) is 0 Å². The average molecular weight is 263 g/mol. The van der Waals surface area contributed by atoms with Crippen LogP contribution in [0.4, 0.5) is 0 Å². The van der Waals surface area contributed by atoms with E-state index in [1.807, 2.05) is 6.07 Å². The monoisotopic (exact) mass is 262 g/mol. The molecule has 0 aliphatic heterocycles. The molecule has 1 saturated carbocycles. The molecular formula is C15H19ClN2. The SMILES string of the molecule is CC(C1CCCC1)n1c(CCl)nc2ccccc21. The van der Waals surface area contributed by atoms with Crippen molar-refractivity contribution in [3.63, 3.8) is 0 Å². The smallest absolute Gasteiger partial charge is 0.125 e. The lowest BCUT2D eigenvalue weighted by atomic mass is 9.99. The van der Waals surface area contributed by atoms with E-state index in [-0.39, 0.29) is 0 Å². The van der Waals surface area contributed by atoms with Crippen molar-refractivity contribution in [3.8, 4) is 0 Å². The lowest BCUT2D eigenvalue weighted by Gasteiger charge is -2.23. The van der Waals surface area contributed by atoms with Gasteiger partial charge in [0, 0.05) is 6.04 Å². The fraction of sp³-hybridized carbons (Fsp3) is 0.533. The van der Waals surface area contributed by atoms with E-state index in [1.165, 1.54) is 31.2 Å². The maximum absolute atomic E-state index is 6.07. The molecular weight excluding hydrogens is 244 g/mol. The van der Waals surface area contributed by atoms with Crippen molar-refractivity contribution in [1.82, 2.24) is 9.55 Å². The molecule has 1 atom stereocenters. The fourth-order valence-electron chi connectivity index (χ4n) is 3.29. The van der Waals surface area contributed by atoms with Gasteiger partial charge in [0.05, 0.1) is 16.9 Å². The van der Waals surface area contributed by atoms with Gasteiger partial charge in [-0.3, -0.25) is 0 Å². The number of aromatic nitrogens is 2. The van der Waals surface area contributed by atoms with Crippen molar-refractivity contribution in [1.29, 1.82) is 0 Å². The zero-order valence-electron chi connectivity index (χ0n) is 10.8. The second kappa shape index (κ2) is 4.93. The Hall–Kier alpha value is -1.02. The molecule has 1 aliphatic carbocycles. The highest BCUT2D eigenvalue weighted by atomic mass is 35.5. The topological polar surface area (TPSA) is 17.8 Å². The molecule has 18 heavy (non-hydrogen) atoms. The summed E-state index contributed by atoms with van der Waals surface area (Å²) in [5.41, 5.74) is 2.30. The summed E-state index contributed by atoms with van der Waals surface area (Å²) in [6, 6.07) is 8.86. The van der Waals surface area contributed by atoms with Gasteiger partial charge in [-0.25, -0.2) is 4.98 Å². The molecule has 0 amide bonds. The molecule has 1 aliphatic rings. The Bertz CT molecular complexity index is 540. The maximum Gasteiger partial charge on any atom is 0.125 e. The maximum atomic E-state index is 6.07. The van der Waals surface area contributed by atoms with Crippen LogP contribution in [0, 0.1) is 5.92 Å². The summed E-state index contributed by atoms with van der Waals surface area (Å²) in [6.45, 7) is 2.32. The predicted octanol–water partition coefficient (Wildman–Crippen LogP) is 4.53. The Morgan fingerprint density at radius 3 is 2.78 bits per heavy atom. The number of hydrogen-bond donors (Lipinski definition) is 0. The summed E-state index contributed by atoms with van der Waals surface area (Å²) in [7, 11) is 0. The van der Waals surface area contributed by atoms with Crippen LogP contribution in [0.5, 0.6) is 0 Å². The second-order valence-electron chi connectivity index (χ2n) is 5.31. The van der Waals surface area contributed by atoms with Crippen molar-refractivity contribution >= 4 is 22.6 Å². The molecule has 2 nitrogen and oxygen atoms in total. The van der Waals surface area contributed by atoms with Crippen LogP contribution in [0.25, 0.3) is 11.0 Å². The summed E-state index contributed by atoms with van der Waals surface area (Å²) >= 11 is 6.07. The van der Waals surface area contributed by atoms with E-state index >= 15 is 0 Å². The summed E-state index contributed by atoms with van der Waals surface area (Å²) < 4.78 is 2.36. The number of alkyl halides is 1. The summed E-state index contributed by atoms with van der Waals surface area (Å²) in [6.07, 6.45) is 5.43. The van der Waals surface area contributed by atoms with Crippen molar-refractivity contribution in [2.45, 2.75) is 44.5 Å². The standard InChI is InChI=1S/C15H19ClN2/c1-11(12-6-2-3-7-12)18-14-9-5-4-8-13(14)17-15(18)10-16/h4-5,8-9,11-12H,2-3,6-7,10H2,1H3. The molecule has 1 fully saturated rings. The molecule has 96 valence electrons. The number of halogens is 1. The van der Waals surface area contributed by atoms with Crippen molar-refractivity contribution in [3.05, 3.63) is 30.1 Å². The third-order valence-corrected chi connectivity index (χ3v) is 4.52. The minimum Gasteiger partial charge on any atom is -0.324 e. The van der Waals surface area contributed by atoms with Crippen molar-refractivity contribution in [2.75, 3.05) is 0 Å². The Morgan fingerprint density at radius 1 is 1.33 bits per heavy atom. The van der Waals surface area contributed by atoms with E-state index in [2.05, 4.69) is 34.7 Å². The number of benzene rings is 1. The summed E-state index contributed by atoms with van der Waals surface area (Å²) in [4.78, 5) is 4.65. The quantitative estimate of drug-likeness (QED) is 0.744. The molecule has 0 saturated heterocycles. The van der Waals surface area contributed by atoms with Crippen LogP contribution < -0.4 is 0 Å². The van der Waals surface area contributed by atoms with Crippen LogP contribution in [0.2, 0.25) is 0 Å². The third-order valence-electron chi connectivity index (χ3n) is 4.28. The van der Waals surface area contributed by atoms with Gasteiger partial charge >= 0.3 is 0 Å². The predicted molar refractivity (Wildman–Crippen MR) is 76.0 cm³/mol. The largest absolute Gasteiger partial charge is 0.324 e. The van der Waals surface area contributed by atoms with Gasteiger partial charge < -0.3 is 4.57 Å². The van der Waals surface area contributed by atoms with Crippen molar-refractivity contribution in [2.24, 2.45) is 5.92 Å². The lowest BCUT2D eigenvalue weighted by Crippen LogP contribution is -2.16. The molecule has 1 unspecified atom stereocenters. The van der Waals surface area contributed by atoms with Gasteiger partial charge in [0.1, 0.15) is 5.82 Å². The molecule has 1 aromatic heterocycles. The van der Waals surface area contributed by atoms with Gasteiger partial charge in [-0.1, -0.05) is 25.0 Å². The Labute approximate surface area is 113 Å². The van der Waals surface area contributed by atoms with Crippen LogP contribution in [-0.2, 0) is 5.88 Å². The fourth-order valence-corrected chi connectivity index (χ4v) is 3.48.